The largest absolute Gasteiger partial charge is 0.439 e. The number of anilines is 1. The van der Waals surface area contributed by atoms with Gasteiger partial charge in [0.05, 0.1) is 18.3 Å². The molecule has 1 heterocycles. The van der Waals surface area contributed by atoms with E-state index in [1.165, 1.54) is 0 Å². The molecule has 6 atom stereocenters. The summed E-state index contributed by atoms with van der Waals surface area (Å²) in [4.78, 5) is 24.4. The van der Waals surface area contributed by atoms with Gasteiger partial charge in [0.1, 0.15) is 0 Å². The molecule has 2 rings (SSSR count). The van der Waals surface area contributed by atoms with Gasteiger partial charge in [-0.3, -0.25) is 4.79 Å². The number of carbonyl (C=O) groups excluding carboxylic acids is 2. The van der Waals surface area contributed by atoms with E-state index in [9.17, 15) is 14.7 Å². The fraction of sp³-hybridized carbons (Fsp3) is 0.571. The predicted octanol–water partition coefficient (Wildman–Crippen LogP) is 4.37. The maximum absolute atomic E-state index is 12.7. The summed E-state index contributed by atoms with van der Waals surface area (Å²) in [5.41, 5.74) is 8.50. The number of benzene rings is 1. The van der Waals surface area contributed by atoms with Crippen molar-refractivity contribution in [1.29, 1.82) is 0 Å². The second-order valence-corrected chi connectivity index (χ2v) is 9.83. The summed E-state index contributed by atoms with van der Waals surface area (Å²) in [7, 11) is 3.15. The van der Waals surface area contributed by atoms with Crippen LogP contribution >= 0.6 is 0 Å². The van der Waals surface area contributed by atoms with Gasteiger partial charge in [-0.25, -0.2) is 4.79 Å². The molecule has 0 saturated carbocycles. The number of rotatable bonds is 3. The number of carbonyl (C=O) groups is 2. The number of fused-ring (bicyclic) bond motifs is 2. The highest BCUT2D eigenvalue weighted by molar-refractivity contribution is 6.03. The zero-order valence-electron chi connectivity index (χ0n) is 22.3. The number of amides is 2. The first-order chi connectivity index (χ1) is 17.0. The molecule has 0 radical (unpaired) electrons. The smallest absolute Gasteiger partial charge is 0.405 e. The van der Waals surface area contributed by atoms with Crippen molar-refractivity contribution >= 4 is 17.7 Å². The van der Waals surface area contributed by atoms with E-state index in [1.54, 1.807) is 21.1 Å². The molecule has 0 fully saturated rings. The van der Waals surface area contributed by atoms with Gasteiger partial charge in [-0.1, -0.05) is 38.1 Å². The molecule has 200 valence electrons. The zero-order valence-corrected chi connectivity index (χ0v) is 22.3. The Morgan fingerprint density at radius 3 is 2.47 bits per heavy atom. The number of hydrogen-bond acceptors (Lipinski definition) is 6. The quantitative estimate of drug-likeness (QED) is 0.528. The summed E-state index contributed by atoms with van der Waals surface area (Å²) in [5, 5.41) is 14.1. The van der Waals surface area contributed by atoms with E-state index in [1.807, 2.05) is 50.3 Å². The molecule has 1 aliphatic heterocycles. The van der Waals surface area contributed by atoms with Gasteiger partial charge in [0.2, 0.25) is 0 Å². The molecule has 1 aromatic carbocycles. The maximum Gasteiger partial charge on any atom is 0.405 e. The summed E-state index contributed by atoms with van der Waals surface area (Å²) in [5.74, 6) is -0.224. The van der Waals surface area contributed by atoms with Crippen LogP contribution in [0.2, 0.25) is 0 Å². The standard InChI is InChI=1S/C28H42N2O6/c1-17-13-21-10-8-11-22(16-21)30-27(32)18(2)9-7-12-23(34-5)26(36-28(29)33)20(4)15-19(3)25(31)24(14-17)35-6/h8-11,15-17,19,23-26,31H,7,12-14H2,1-6H3,(H2,29,33)(H,30,32)/b18-9+,20-15+/t17-,19+,23+,24+,25-,26+/m1/s1. The van der Waals surface area contributed by atoms with E-state index in [4.69, 9.17) is 19.9 Å². The third-order valence-electron chi connectivity index (χ3n) is 6.74. The first-order valence-corrected chi connectivity index (χ1v) is 12.5. The lowest BCUT2D eigenvalue weighted by Gasteiger charge is -2.30. The van der Waals surface area contributed by atoms with Gasteiger partial charge in [-0.05, 0) is 68.7 Å². The first-order valence-electron chi connectivity index (χ1n) is 12.5. The number of nitrogens with two attached hydrogens (primary N) is 1. The Morgan fingerprint density at radius 1 is 1.14 bits per heavy atom. The third-order valence-corrected chi connectivity index (χ3v) is 6.74. The van der Waals surface area contributed by atoms with Crippen molar-refractivity contribution in [2.75, 3.05) is 19.5 Å². The summed E-state index contributed by atoms with van der Waals surface area (Å²) in [6.07, 6.45) is 2.91. The van der Waals surface area contributed by atoms with Crippen molar-refractivity contribution in [3.63, 3.8) is 0 Å². The topological polar surface area (TPSA) is 120 Å². The normalized spacial score (nSPS) is 31.9. The number of aliphatic hydroxyl groups is 1. The lowest BCUT2D eigenvalue weighted by Crippen LogP contribution is -2.37. The number of nitrogens with one attached hydrogen (secondary N) is 1. The lowest BCUT2D eigenvalue weighted by molar-refractivity contribution is -0.112. The van der Waals surface area contributed by atoms with Gasteiger partial charge < -0.3 is 30.4 Å². The molecule has 1 aromatic rings. The Morgan fingerprint density at radius 2 is 1.83 bits per heavy atom. The number of methoxy groups -OCH3 is 2. The van der Waals surface area contributed by atoms with Gasteiger partial charge in [-0.15, -0.1) is 0 Å². The first kappa shape index (κ1) is 29.5. The summed E-state index contributed by atoms with van der Waals surface area (Å²) in [6.45, 7) is 7.62. The van der Waals surface area contributed by atoms with Crippen LogP contribution in [0.3, 0.4) is 0 Å². The van der Waals surface area contributed by atoms with Gasteiger partial charge in [0.25, 0.3) is 5.91 Å². The Balaban J connectivity index is 2.43. The minimum absolute atomic E-state index is 0.176. The van der Waals surface area contributed by atoms with Crippen molar-refractivity contribution < 1.29 is 28.9 Å². The molecule has 8 nitrogen and oxygen atoms in total. The highest BCUT2D eigenvalue weighted by Gasteiger charge is 2.29. The van der Waals surface area contributed by atoms with Crippen LogP contribution in [0.25, 0.3) is 0 Å². The highest BCUT2D eigenvalue weighted by atomic mass is 16.6. The molecule has 4 N–H and O–H groups in total. The predicted molar refractivity (Wildman–Crippen MR) is 141 cm³/mol. The third kappa shape index (κ3) is 8.76. The Kier molecular flexibility index (Phi) is 11.6. The molecule has 0 saturated heterocycles. The van der Waals surface area contributed by atoms with Crippen molar-refractivity contribution in [2.45, 2.75) is 77.8 Å². The van der Waals surface area contributed by atoms with Gasteiger partial charge in [-0.2, -0.15) is 0 Å². The van der Waals surface area contributed by atoms with Crippen LogP contribution in [-0.2, 0) is 25.4 Å². The van der Waals surface area contributed by atoms with Crippen molar-refractivity contribution in [1.82, 2.24) is 0 Å². The maximum atomic E-state index is 12.7. The minimum atomic E-state index is -0.905. The molecule has 0 aromatic heterocycles. The summed E-state index contributed by atoms with van der Waals surface area (Å²) < 4.78 is 16.8. The van der Waals surface area contributed by atoms with E-state index < -0.39 is 24.4 Å². The average Bonchev–Trinajstić information content (AvgIpc) is 2.82. The van der Waals surface area contributed by atoms with Gasteiger partial charge in [0.15, 0.2) is 6.10 Å². The fourth-order valence-electron chi connectivity index (χ4n) is 4.75. The molecular weight excluding hydrogens is 460 g/mol. The molecular formula is C28H42N2O6. The lowest BCUT2D eigenvalue weighted by atomic mass is 9.88. The van der Waals surface area contributed by atoms with Crippen LogP contribution in [0.1, 0.15) is 52.5 Å². The molecule has 0 unspecified atom stereocenters. The molecule has 1 aliphatic rings. The van der Waals surface area contributed by atoms with E-state index >= 15 is 0 Å². The van der Waals surface area contributed by atoms with Crippen LogP contribution in [-0.4, -0.2) is 55.7 Å². The number of ether oxygens (including phenoxy) is 3. The Bertz CT molecular complexity index is 944. The van der Waals surface area contributed by atoms with Crippen LogP contribution in [0.5, 0.6) is 0 Å². The number of aliphatic hydroxyl groups excluding tert-OH is 1. The second-order valence-electron chi connectivity index (χ2n) is 9.83. The van der Waals surface area contributed by atoms with Gasteiger partial charge >= 0.3 is 6.09 Å². The molecule has 0 spiro atoms. The zero-order chi connectivity index (χ0) is 26.8. The number of hydrogen-bond donors (Lipinski definition) is 3. The average molecular weight is 503 g/mol. The van der Waals surface area contributed by atoms with Crippen LogP contribution in [0, 0.1) is 11.8 Å². The van der Waals surface area contributed by atoms with E-state index in [2.05, 4.69) is 12.2 Å². The Labute approximate surface area is 214 Å². The van der Waals surface area contributed by atoms with Crippen molar-refractivity contribution in [2.24, 2.45) is 17.6 Å². The number of primary amides is 1. The van der Waals surface area contributed by atoms with E-state index in [0.717, 1.165) is 23.2 Å². The second kappa shape index (κ2) is 14.2. The van der Waals surface area contributed by atoms with Crippen LogP contribution in [0.4, 0.5) is 10.5 Å². The fourth-order valence-corrected chi connectivity index (χ4v) is 4.75. The molecule has 2 amide bonds. The molecule has 8 heteroatoms. The summed E-state index contributed by atoms with van der Waals surface area (Å²) >= 11 is 0. The SMILES string of the molecule is CO[C@H]1C[C@H](C)Cc2cccc(c2)NC(=O)/C(C)=C/CC[C@H](OC)[C@@H](OC(N)=O)/C(C)=C/[C@H](C)[C@H]1O. The van der Waals surface area contributed by atoms with Crippen molar-refractivity contribution in [3.05, 3.63) is 53.1 Å². The van der Waals surface area contributed by atoms with E-state index in [-0.39, 0.29) is 23.8 Å². The number of allylic oxidation sites excluding steroid dienone is 1. The summed E-state index contributed by atoms with van der Waals surface area (Å²) in [6, 6.07) is 7.82. The molecule has 36 heavy (non-hydrogen) atoms. The van der Waals surface area contributed by atoms with Crippen LogP contribution in [0.15, 0.2) is 47.6 Å². The highest BCUT2D eigenvalue weighted by Crippen LogP contribution is 2.26. The van der Waals surface area contributed by atoms with Crippen molar-refractivity contribution in [3.8, 4) is 0 Å². The minimum Gasteiger partial charge on any atom is -0.439 e. The monoisotopic (exact) mass is 502 g/mol. The molecule has 0 aliphatic carbocycles. The van der Waals surface area contributed by atoms with E-state index in [0.29, 0.717) is 24.8 Å². The molecule has 2 bridgehead atoms. The van der Waals surface area contributed by atoms with Gasteiger partial charge in [0, 0.05) is 31.4 Å². The Hall–Kier alpha value is -2.68. The van der Waals surface area contributed by atoms with Crippen LogP contribution < -0.4 is 11.1 Å².